The minimum absolute atomic E-state index is 0.543. The lowest BCUT2D eigenvalue weighted by Crippen LogP contribution is -2.29. The summed E-state index contributed by atoms with van der Waals surface area (Å²) < 4.78 is 0. The van der Waals surface area contributed by atoms with Crippen LogP contribution in [0.5, 0.6) is 0 Å². The van der Waals surface area contributed by atoms with Gasteiger partial charge in [-0.2, -0.15) is 0 Å². The number of aromatic nitrogens is 1. The first-order chi connectivity index (χ1) is 12.9. The van der Waals surface area contributed by atoms with Gasteiger partial charge in [0.05, 0.1) is 0 Å². The number of nitrogens with zero attached hydrogens (tertiary/aromatic N) is 2. The molecule has 0 fully saturated rings. The van der Waals surface area contributed by atoms with Crippen LogP contribution in [0.2, 0.25) is 0 Å². The Balaban J connectivity index is 1.73. The highest BCUT2D eigenvalue weighted by Gasteiger charge is 2.12. The number of benzene rings is 3. The Labute approximate surface area is 156 Å². The van der Waals surface area contributed by atoms with Crippen molar-refractivity contribution in [3.05, 3.63) is 109 Å². The predicted molar refractivity (Wildman–Crippen MR) is 110 cm³/mol. The normalized spacial score (nSPS) is 10.5. The van der Waals surface area contributed by atoms with Crippen LogP contribution in [0.4, 0.5) is 17.1 Å². The van der Waals surface area contributed by atoms with Gasteiger partial charge in [0.2, 0.25) is 0 Å². The fourth-order valence-corrected chi connectivity index (χ4v) is 3.92. The van der Waals surface area contributed by atoms with Gasteiger partial charge >= 0.3 is 0 Å². The van der Waals surface area contributed by atoms with E-state index in [4.69, 9.17) is 0 Å². The quantitative estimate of drug-likeness (QED) is 0.501. The molecule has 0 atom stereocenters. The van der Waals surface area contributed by atoms with Gasteiger partial charge in [-0.05, 0) is 48.5 Å². The van der Waals surface area contributed by atoms with Crippen LogP contribution in [-0.4, -0.2) is 14.5 Å². The average molecular weight is 350 g/mol. The summed E-state index contributed by atoms with van der Waals surface area (Å²) in [5.74, 6) is 0. The molecule has 3 aromatic carbocycles. The van der Waals surface area contributed by atoms with E-state index in [2.05, 4.69) is 88.7 Å². The second kappa shape index (κ2) is 7.81. The van der Waals surface area contributed by atoms with Crippen LogP contribution in [0.1, 0.15) is 0 Å². The van der Waals surface area contributed by atoms with Crippen LogP contribution in [0, 0.1) is 0 Å². The smallest absolute Gasteiger partial charge is 0.147 e. The monoisotopic (exact) mass is 350 g/mol. The summed E-state index contributed by atoms with van der Waals surface area (Å²) >= 11 is 0. The lowest BCUT2D eigenvalue weighted by Gasteiger charge is -2.25. The summed E-state index contributed by atoms with van der Waals surface area (Å²) in [5.41, 5.74) is 3.46. The molecule has 0 aliphatic rings. The van der Waals surface area contributed by atoms with Crippen molar-refractivity contribution in [2.24, 2.45) is 0 Å². The lowest BCUT2D eigenvalue weighted by molar-refractivity contribution is 1.29. The largest absolute Gasteiger partial charge is 0.311 e. The first-order valence-corrected chi connectivity index (χ1v) is 9.58. The number of pyridine rings is 1. The van der Waals surface area contributed by atoms with Crippen LogP contribution >= 0.6 is 0 Å². The summed E-state index contributed by atoms with van der Waals surface area (Å²) in [6, 6.07) is 35.7. The first kappa shape index (κ1) is 16.3. The van der Waals surface area contributed by atoms with Crippen molar-refractivity contribution in [3.8, 4) is 0 Å². The Morgan fingerprint density at radius 2 is 1.19 bits per heavy atom. The van der Waals surface area contributed by atoms with Crippen molar-refractivity contribution in [1.82, 2.24) is 4.98 Å². The fourth-order valence-electron chi connectivity index (χ4n) is 2.91. The summed E-state index contributed by atoms with van der Waals surface area (Å²) in [4.78, 5) is 6.75. The summed E-state index contributed by atoms with van der Waals surface area (Å²) in [5, 5.41) is 2.38. The molecule has 26 heavy (non-hydrogen) atoms. The number of hydrogen-bond acceptors (Lipinski definition) is 2. The van der Waals surface area contributed by atoms with Gasteiger partial charge in [0, 0.05) is 28.6 Å². The van der Waals surface area contributed by atoms with E-state index < -0.39 is 0 Å². The van der Waals surface area contributed by atoms with Crippen molar-refractivity contribution in [2.75, 3.05) is 4.90 Å². The highest BCUT2D eigenvalue weighted by atomic mass is 28.2. The molecule has 0 bridgehead atoms. The summed E-state index contributed by atoms with van der Waals surface area (Å²) in [6.07, 6.45) is 1.85. The summed E-state index contributed by atoms with van der Waals surface area (Å²) in [7, 11) is 0.543. The molecule has 1 heterocycles. The molecule has 4 aromatic rings. The Morgan fingerprint density at radius 3 is 1.81 bits per heavy atom. The van der Waals surface area contributed by atoms with Gasteiger partial charge in [0.1, 0.15) is 9.52 Å². The van der Waals surface area contributed by atoms with Crippen molar-refractivity contribution in [3.63, 3.8) is 0 Å². The number of anilines is 3. The molecule has 0 aliphatic carbocycles. The molecule has 0 amide bonds. The van der Waals surface area contributed by atoms with Crippen LogP contribution in [0.3, 0.4) is 0 Å². The van der Waals surface area contributed by atoms with Gasteiger partial charge in [0.25, 0.3) is 0 Å². The Morgan fingerprint density at radius 1 is 0.577 bits per heavy atom. The third-order valence-electron chi connectivity index (χ3n) is 4.07. The average Bonchev–Trinajstić information content (AvgIpc) is 2.71. The van der Waals surface area contributed by atoms with E-state index in [0.29, 0.717) is 9.52 Å². The van der Waals surface area contributed by atoms with Crippen LogP contribution in [-0.2, 0) is 0 Å². The maximum atomic E-state index is 4.46. The molecule has 0 aliphatic heterocycles. The molecule has 0 saturated heterocycles. The second-order valence-corrected chi connectivity index (χ2v) is 7.24. The topological polar surface area (TPSA) is 16.1 Å². The zero-order chi connectivity index (χ0) is 17.6. The van der Waals surface area contributed by atoms with Crippen molar-refractivity contribution in [2.45, 2.75) is 0 Å². The van der Waals surface area contributed by atoms with Crippen LogP contribution in [0.25, 0.3) is 0 Å². The van der Waals surface area contributed by atoms with E-state index in [0.717, 1.165) is 22.4 Å². The van der Waals surface area contributed by atoms with E-state index in [1.807, 2.05) is 30.5 Å². The van der Waals surface area contributed by atoms with Gasteiger partial charge in [-0.25, -0.2) is 0 Å². The maximum absolute atomic E-state index is 4.46. The molecule has 124 valence electrons. The lowest BCUT2D eigenvalue weighted by atomic mass is 10.2. The molecular weight excluding hydrogens is 332 g/mol. The number of rotatable bonds is 5. The fraction of sp³-hybridized carbons (Fsp3) is 0. The van der Waals surface area contributed by atoms with Gasteiger partial charge in [-0.3, -0.25) is 4.98 Å². The molecule has 0 saturated carbocycles. The maximum Gasteiger partial charge on any atom is 0.147 e. The SMILES string of the molecule is c1ccc(N(c2ccccc2)c2cccc([Si]c3ccccn3)c2)cc1. The van der Waals surface area contributed by atoms with Crippen molar-refractivity contribution >= 4 is 37.1 Å². The van der Waals surface area contributed by atoms with Crippen molar-refractivity contribution in [1.29, 1.82) is 0 Å². The zero-order valence-corrected chi connectivity index (χ0v) is 15.3. The highest BCUT2D eigenvalue weighted by Crippen LogP contribution is 2.33. The van der Waals surface area contributed by atoms with Crippen LogP contribution < -0.4 is 15.4 Å². The minimum atomic E-state index is 0.543. The van der Waals surface area contributed by atoms with Gasteiger partial charge in [-0.15, -0.1) is 0 Å². The molecule has 0 N–H and O–H groups in total. The zero-order valence-electron chi connectivity index (χ0n) is 14.3. The van der Waals surface area contributed by atoms with E-state index in [9.17, 15) is 0 Å². The third-order valence-corrected chi connectivity index (χ3v) is 5.22. The van der Waals surface area contributed by atoms with E-state index in [-0.39, 0.29) is 0 Å². The van der Waals surface area contributed by atoms with Gasteiger partial charge in [0.15, 0.2) is 0 Å². The number of hydrogen-bond donors (Lipinski definition) is 0. The molecule has 0 unspecified atom stereocenters. The van der Waals surface area contributed by atoms with Gasteiger partial charge < -0.3 is 4.90 Å². The molecule has 2 nitrogen and oxygen atoms in total. The highest BCUT2D eigenvalue weighted by molar-refractivity contribution is 6.66. The Bertz CT molecular complexity index is 917. The number of para-hydroxylation sites is 2. The molecule has 3 heteroatoms. The molecule has 0 spiro atoms. The second-order valence-electron chi connectivity index (χ2n) is 5.90. The molecule has 2 radical (unpaired) electrons. The Hall–Kier alpha value is -3.17. The Kier molecular flexibility index (Phi) is 4.89. The van der Waals surface area contributed by atoms with E-state index in [1.54, 1.807) is 0 Å². The van der Waals surface area contributed by atoms with Gasteiger partial charge in [-0.1, -0.05) is 59.8 Å². The third kappa shape index (κ3) is 3.73. The minimum Gasteiger partial charge on any atom is -0.311 e. The molecular formula is C23H18N2Si. The molecule has 4 rings (SSSR count). The van der Waals surface area contributed by atoms with E-state index >= 15 is 0 Å². The van der Waals surface area contributed by atoms with Crippen LogP contribution in [0.15, 0.2) is 109 Å². The first-order valence-electron chi connectivity index (χ1n) is 8.58. The molecule has 1 aromatic heterocycles. The van der Waals surface area contributed by atoms with Crippen molar-refractivity contribution < 1.29 is 0 Å². The van der Waals surface area contributed by atoms with E-state index in [1.165, 1.54) is 5.19 Å². The summed E-state index contributed by atoms with van der Waals surface area (Å²) in [6.45, 7) is 0. The predicted octanol–water partition coefficient (Wildman–Crippen LogP) is 4.21. The standard InChI is InChI=1S/C23H18N2Si/c1-3-10-19(11-4-1)25(20-12-5-2-6-13-20)21-14-9-15-22(18-21)26-23-16-7-8-17-24-23/h1-18H.